The van der Waals surface area contributed by atoms with Gasteiger partial charge in [0.25, 0.3) is 15.9 Å². The van der Waals surface area contributed by atoms with Gasteiger partial charge in [0.2, 0.25) is 5.91 Å². The third kappa shape index (κ3) is 6.04. The molecule has 0 spiro atoms. The van der Waals surface area contributed by atoms with Crippen LogP contribution in [0.1, 0.15) is 28.9 Å². The van der Waals surface area contributed by atoms with Gasteiger partial charge in [0.05, 0.1) is 23.0 Å². The Hall–Kier alpha value is -4.02. The van der Waals surface area contributed by atoms with Crippen LogP contribution in [0, 0.1) is 5.82 Å². The topological polar surface area (TPSA) is 95.6 Å². The van der Waals surface area contributed by atoms with E-state index in [1.165, 1.54) is 24.3 Å². The summed E-state index contributed by atoms with van der Waals surface area (Å²) >= 11 is 0.963. The van der Waals surface area contributed by atoms with Crippen molar-refractivity contribution in [3.63, 3.8) is 0 Å². The number of halogens is 1. The Labute approximate surface area is 218 Å². The van der Waals surface area contributed by atoms with E-state index in [0.717, 1.165) is 27.3 Å². The lowest BCUT2D eigenvalue weighted by atomic mass is 10.1. The molecule has 37 heavy (non-hydrogen) atoms. The Morgan fingerprint density at radius 1 is 0.919 bits per heavy atom. The second-order valence-electron chi connectivity index (χ2n) is 8.09. The molecule has 1 unspecified atom stereocenters. The van der Waals surface area contributed by atoms with E-state index in [1.807, 2.05) is 37.3 Å². The number of hydrogen-bond donors (Lipinski definition) is 2. The molecule has 0 saturated carbocycles. The van der Waals surface area contributed by atoms with E-state index in [1.54, 1.807) is 35.7 Å². The first-order chi connectivity index (χ1) is 17.8. The minimum atomic E-state index is -4.22. The highest BCUT2D eigenvalue weighted by Gasteiger charge is 2.30. The minimum Gasteiger partial charge on any atom is -0.345 e. The molecule has 1 aromatic heterocycles. The minimum absolute atomic E-state index is 0.0294. The van der Waals surface area contributed by atoms with Crippen LogP contribution >= 0.6 is 11.3 Å². The lowest BCUT2D eigenvalue weighted by Gasteiger charge is -2.24. The molecule has 10 heteroatoms. The Kier molecular flexibility index (Phi) is 8.00. The molecule has 190 valence electrons. The van der Waals surface area contributed by atoms with Crippen molar-refractivity contribution in [3.05, 3.63) is 113 Å². The number of benzene rings is 3. The van der Waals surface area contributed by atoms with E-state index in [0.29, 0.717) is 0 Å². The molecular formula is C27H24FN3O4S2. The number of nitrogens with one attached hydrogen (secondary N) is 2. The molecule has 2 amide bonds. The van der Waals surface area contributed by atoms with Gasteiger partial charge in [0.1, 0.15) is 16.6 Å². The van der Waals surface area contributed by atoms with Gasteiger partial charge in [0.15, 0.2) is 0 Å². The summed E-state index contributed by atoms with van der Waals surface area (Å²) in [4.78, 5) is 26.1. The number of sulfonamides is 1. The molecule has 3 aromatic carbocycles. The fourth-order valence-corrected chi connectivity index (χ4v) is 6.22. The molecular weight excluding hydrogens is 513 g/mol. The van der Waals surface area contributed by atoms with Crippen LogP contribution < -0.4 is 14.9 Å². The molecule has 0 saturated heterocycles. The second kappa shape index (κ2) is 11.4. The van der Waals surface area contributed by atoms with Gasteiger partial charge in [-0.3, -0.25) is 13.9 Å². The third-order valence-corrected chi connectivity index (χ3v) is 8.67. The summed E-state index contributed by atoms with van der Waals surface area (Å²) < 4.78 is 41.9. The highest BCUT2D eigenvalue weighted by Crippen LogP contribution is 2.28. The Bertz CT molecular complexity index is 1490. The summed E-state index contributed by atoms with van der Waals surface area (Å²) in [5.74, 6) is -1.94. The highest BCUT2D eigenvalue weighted by atomic mass is 32.2. The van der Waals surface area contributed by atoms with E-state index in [2.05, 4.69) is 10.6 Å². The maximum absolute atomic E-state index is 14.6. The average Bonchev–Trinajstić information content (AvgIpc) is 3.45. The van der Waals surface area contributed by atoms with Crippen molar-refractivity contribution in [2.24, 2.45) is 0 Å². The normalized spacial score (nSPS) is 11.9. The summed E-state index contributed by atoms with van der Waals surface area (Å²) in [5, 5.41) is 7.10. The molecule has 4 aromatic rings. The lowest BCUT2D eigenvalue weighted by Crippen LogP contribution is -2.38. The van der Waals surface area contributed by atoms with Gasteiger partial charge in [-0.15, -0.1) is 11.3 Å². The van der Waals surface area contributed by atoms with Crippen LogP contribution in [0.3, 0.4) is 0 Å². The zero-order chi connectivity index (χ0) is 26.4. The van der Waals surface area contributed by atoms with Gasteiger partial charge in [-0.05, 0) is 48.2 Å². The standard InChI is InChI=1S/C27H24FN3O4S2/c1-19(20-10-3-2-4-11-20)29-27(33)21-12-5-7-14-23(21)30-25(32)18-31(24-15-8-6-13-22(24)28)37(34,35)26-16-9-17-36-26/h2-17,19H,18H2,1H3,(H,29,33)(H,30,32). The molecule has 4 rings (SSSR count). The van der Waals surface area contributed by atoms with Crippen LogP contribution in [0.2, 0.25) is 0 Å². The van der Waals surface area contributed by atoms with Crippen LogP contribution in [0.4, 0.5) is 15.8 Å². The van der Waals surface area contributed by atoms with E-state index >= 15 is 0 Å². The predicted octanol–water partition coefficient (Wildman–Crippen LogP) is 5.21. The summed E-state index contributed by atoms with van der Waals surface area (Å²) in [6.07, 6.45) is 0. The van der Waals surface area contributed by atoms with Gasteiger partial charge in [-0.2, -0.15) is 0 Å². The molecule has 2 N–H and O–H groups in total. The maximum Gasteiger partial charge on any atom is 0.274 e. The number of hydrogen-bond acceptors (Lipinski definition) is 5. The number of carbonyl (C=O) groups excluding carboxylic acids is 2. The monoisotopic (exact) mass is 537 g/mol. The Morgan fingerprint density at radius 2 is 1.59 bits per heavy atom. The van der Waals surface area contributed by atoms with E-state index in [4.69, 9.17) is 0 Å². The predicted molar refractivity (Wildman–Crippen MR) is 143 cm³/mol. The summed E-state index contributed by atoms with van der Waals surface area (Å²) in [5.41, 5.74) is 1.06. The first-order valence-corrected chi connectivity index (χ1v) is 13.6. The molecule has 0 bridgehead atoms. The summed E-state index contributed by atoms with van der Waals surface area (Å²) in [6, 6.07) is 23.8. The molecule has 1 heterocycles. The number of anilines is 2. The van der Waals surface area contributed by atoms with E-state index in [9.17, 15) is 22.4 Å². The number of rotatable bonds is 9. The first-order valence-electron chi connectivity index (χ1n) is 11.3. The van der Waals surface area contributed by atoms with Crippen molar-refractivity contribution < 1.29 is 22.4 Å². The first kappa shape index (κ1) is 26.1. The number of thiophene rings is 1. The summed E-state index contributed by atoms with van der Waals surface area (Å²) in [7, 11) is -4.22. The Morgan fingerprint density at radius 3 is 2.30 bits per heavy atom. The zero-order valence-electron chi connectivity index (χ0n) is 19.8. The van der Waals surface area contributed by atoms with Gasteiger partial charge >= 0.3 is 0 Å². The molecule has 0 fully saturated rings. The number of para-hydroxylation sites is 2. The SMILES string of the molecule is CC(NC(=O)c1ccccc1NC(=O)CN(c1ccccc1F)S(=O)(=O)c1cccs1)c1ccccc1. The van der Waals surface area contributed by atoms with Crippen molar-refractivity contribution in [1.29, 1.82) is 0 Å². The van der Waals surface area contributed by atoms with Gasteiger partial charge < -0.3 is 10.6 Å². The van der Waals surface area contributed by atoms with Crippen LogP contribution in [0.15, 0.2) is 101 Å². The Balaban J connectivity index is 1.57. The molecule has 0 aliphatic heterocycles. The van der Waals surface area contributed by atoms with Gasteiger partial charge in [-0.25, -0.2) is 12.8 Å². The number of nitrogens with zero attached hydrogens (tertiary/aromatic N) is 1. The van der Waals surface area contributed by atoms with Crippen LogP contribution in [-0.2, 0) is 14.8 Å². The second-order valence-corrected chi connectivity index (χ2v) is 11.1. The third-order valence-electron chi connectivity index (χ3n) is 5.54. The fraction of sp³-hybridized carbons (Fsp3) is 0.111. The largest absolute Gasteiger partial charge is 0.345 e. The van der Waals surface area contributed by atoms with Crippen LogP contribution in [0.5, 0.6) is 0 Å². The van der Waals surface area contributed by atoms with Crippen LogP contribution in [-0.4, -0.2) is 26.8 Å². The van der Waals surface area contributed by atoms with Gasteiger partial charge in [-0.1, -0.05) is 60.7 Å². The van der Waals surface area contributed by atoms with E-state index < -0.39 is 34.2 Å². The smallest absolute Gasteiger partial charge is 0.274 e. The van der Waals surface area contributed by atoms with Crippen molar-refractivity contribution >= 4 is 44.5 Å². The number of carbonyl (C=O) groups is 2. The van der Waals surface area contributed by atoms with Crippen molar-refractivity contribution in [2.45, 2.75) is 17.2 Å². The zero-order valence-corrected chi connectivity index (χ0v) is 21.4. The molecule has 1 atom stereocenters. The summed E-state index contributed by atoms with van der Waals surface area (Å²) in [6.45, 7) is 1.15. The molecule has 0 aliphatic carbocycles. The lowest BCUT2D eigenvalue weighted by molar-refractivity contribution is -0.114. The maximum atomic E-state index is 14.6. The van der Waals surface area contributed by atoms with Gasteiger partial charge in [0, 0.05) is 0 Å². The highest BCUT2D eigenvalue weighted by molar-refractivity contribution is 7.94. The van der Waals surface area contributed by atoms with Crippen molar-refractivity contribution in [3.8, 4) is 0 Å². The fourth-order valence-electron chi connectivity index (χ4n) is 3.68. The number of amides is 2. The van der Waals surface area contributed by atoms with E-state index in [-0.39, 0.29) is 27.2 Å². The molecule has 0 radical (unpaired) electrons. The average molecular weight is 538 g/mol. The quantitative estimate of drug-likeness (QED) is 0.306. The van der Waals surface area contributed by atoms with Crippen molar-refractivity contribution in [2.75, 3.05) is 16.2 Å². The molecule has 7 nitrogen and oxygen atoms in total. The van der Waals surface area contributed by atoms with Crippen molar-refractivity contribution in [1.82, 2.24) is 5.32 Å². The molecule has 0 aliphatic rings. The van der Waals surface area contributed by atoms with Crippen LogP contribution in [0.25, 0.3) is 0 Å².